The molecule has 0 aromatic carbocycles. The second kappa shape index (κ2) is 6.85. The maximum Gasteiger partial charge on any atom is 0.250 e. The van der Waals surface area contributed by atoms with Gasteiger partial charge in [-0.05, 0) is 23.1 Å². The van der Waals surface area contributed by atoms with Crippen molar-refractivity contribution >= 4 is 11.3 Å². The molecule has 0 saturated heterocycles. The highest BCUT2D eigenvalue weighted by molar-refractivity contribution is 7.13. The normalized spacial score (nSPS) is 14.3. The number of methoxy groups -OCH3 is 1. The van der Waals surface area contributed by atoms with Gasteiger partial charge in [-0.25, -0.2) is 19.3 Å². The van der Waals surface area contributed by atoms with Crippen LogP contribution < -0.4 is 4.74 Å². The molecule has 1 aliphatic heterocycles. The van der Waals surface area contributed by atoms with Crippen LogP contribution in [0.25, 0.3) is 10.7 Å². The Hall–Kier alpha value is -2.38. The monoisotopic (exact) mass is 356 g/mol. The molecule has 0 amide bonds. The lowest BCUT2D eigenvalue weighted by molar-refractivity contribution is 0.242. The maximum atomic E-state index is 13.8. The summed E-state index contributed by atoms with van der Waals surface area (Å²) in [7, 11) is 1.41. The molecule has 4 heterocycles. The van der Waals surface area contributed by atoms with E-state index in [2.05, 4.69) is 14.9 Å². The summed E-state index contributed by atoms with van der Waals surface area (Å²) in [6.07, 6.45) is 4.44. The molecule has 0 bridgehead atoms. The van der Waals surface area contributed by atoms with Crippen LogP contribution >= 0.6 is 11.3 Å². The number of aromatic nitrogens is 3. The predicted molar refractivity (Wildman–Crippen MR) is 93.9 cm³/mol. The van der Waals surface area contributed by atoms with Crippen molar-refractivity contribution in [2.24, 2.45) is 0 Å². The Balaban J connectivity index is 1.48. The van der Waals surface area contributed by atoms with Crippen LogP contribution in [0.2, 0.25) is 0 Å². The van der Waals surface area contributed by atoms with Gasteiger partial charge >= 0.3 is 0 Å². The molecule has 3 aromatic rings. The molecule has 4 rings (SSSR count). The zero-order chi connectivity index (χ0) is 17.2. The van der Waals surface area contributed by atoms with Crippen molar-refractivity contribution in [3.63, 3.8) is 0 Å². The average Bonchev–Trinajstić information content (AvgIpc) is 3.16. The van der Waals surface area contributed by atoms with Gasteiger partial charge in [0.05, 0.1) is 17.7 Å². The van der Waals surface area contributed by atoms with Crippen LogP contribution in [0.5, 0.6) is 5.88 Å². The number of rotatable bonds is 4. The van der Waals surface area contributed by atoms with E-state index in [0.717, 1.165) is 47.0 Å². The number of hydrogen-bond acceptors (Lipinski definition) is 6. The number of nitrogens with zero attached hydrogens (tertiary/aromatic N) is 4. The first kappa shape index (κ1) is 16.1. The number of pyridine rings is 1. The van der Waals surface area contributed by atoms with Crippen molar-refractivity contribution < 1.29 is 9.13 Å². The van der Waals surface area contributed by atoms with Gasteiger partial charge < -0.3 is 4.74 Å². The first-order valence-corrected chi connectivity index (χ1v) is 8.90. The van der Waals surface area contributed by atoms with Gasteiger partial charge in [-0.1, -0.05) is 6.07 Å². The molecule has 5 nitrogen and oxygen atoms in total. The van der Waals surface area contributed by atoms with Crippen LogP contribution in [0, 0.1) is 5.82 Å². The number of halogens is 1. The van der Waals surface area contributed by atoms with Gasteiger partial charge in [0.2, 0.25) is 5.88 Å². The Labute approximate surface area is 149 Å². The fourth-order valence-electron chi connectivity index (χ4n) is 2.99. The van der Waals surface area contributed by atoms with E-state index in [1.165, 1.54) is 13.2 Å². The summed E-state index contributed by atoms with van der Waals surface area (Å²) >= 11 is 1.65. The van der Waals surface area contributed by atoms with Gasteiger partial charge in [0.1, 0.15) is 0 Å². The fraction of sp³-hybridized carbons (Fsp3) is 0.278. The molecule has 7 heteroatoms. The van der Waals surface area contributed by atoms with Crippen molar-refractivity contribution in [2.75, 3.05) is 13.7 Å². The van der Waals surface area contributed by atoms with Crippen molar-refractivity contribution in [1.82, 2.24) is 19.9 Å². The van der Waals surface area contributed by atoms with Gasteiger partial charge in [0.25, 0.3) is 0 Å². The standard InChI is InChI=1S/C18H17FN4OS/c1-24-18-14(19)7-12(8-21-18)10-23-5-4-15-13(11-23)9-20-17(22-15)16-3-2-6-25-16/h2-3,6-9H,4-5,10-11H2,1H3. The van der Waals surface area contributed by atoms with E-state index in [1.807, 2.05) is 23.7 Å². The Bertz CT molecular complexity index is 885. The van der Waals surface area contributed by atoms with Crippen molar-refractivity contribution in [3.05, 3.63) is 58.6 Å². The minimum absolute atomic E-state index is 0.0299. The van der Waals surface area contributed by atoms with Gasteiger partial charge in [0.15, 0.2) is 11.6 Å². The Morgan fingerprint density at radius 3 is 3.00 bits per heavy atom. The lowest BCUT2D eigenvalue weighted by atomic mass is 10.1. The van der Waals surface area contributed by atoms with E-state index in [0.29, 0.717) is 6.54 Å². The number of thiophene rings is 1. The third kappa shape index (κ3) is 3.38. The molecule has 0 unspecified atom stereocenters. The topological polar surface area (TPSA) is 51.1 Å². The molecule has 0 aliphatic carbocycles. The summed E-state index contributed by atoms with van der Waals surface area (Å²) < 4.78 is 18.7. The van der Waals surface area contributed by atoms with E-state index in [1.54, 1.807) is 17.5 Å². The van der Waals surface area contributed by atoms with Crippen LogP contribution in [0.1, 0.15) is 16.8 Å². The smallest absolute Gasteiger partial charge is 0.250 e. The fourth-order valence-corrected chi connectivity index (χ4v) is 3.66. The first-order chi connectivity index (χ1) is 12.2. The first-order valence-electron chi connectivity index (χ1n) is 8.02. The Morgan fingerprint density at radius 2 is 2.24 bits per heavy atom. The van der Waals surface area contributed by atoms with Gasteiger partial charge in [-0.15, -0.1) is 11.3 Å². The zero-order valence-corrected chi connectivity index (χ0v) is 14.6. The lowest BCUT2D eigenvalue weighted by Gasteiger charge is -2.28. The second-order valence-corrected chi connectivity index (χ2v) is 6.89. The molecular weight excluding hydrogens is 339 g/mol. The molecule has 0 spiro atoms. The number of hydrogen-bond donors (Lipinski definition) is 0. The summed E-state index contributed by atoms with van der Waals surface area (Å²) in [6, 6.07) is 5.52. The largest absolute Gasteiger partial charge is 0.479 e. The average molecular weight is 356 g/mol. The minimum atomic E-state index is -0.429. The third-order valence-corrected chi connectivity index (χ3v) is 5.08. The van der Waals surface area contributed by atoms with Crippen LogP contribution in [0.4, 0.5) is 4.39 Å². The lowest BCUT2D eigenvalue weighted by Crippen LogP contribution is -2.31. The van der Waals surface area contributed by atoms with E-state index in [4.69, 9.17) is 9.72 Å². The summed E-state index contributed by atoms with van der Waals surface area (Å²) in [5.41, 5.74) is 3.07. The number of fused-ring (bicyclic) bond motifs is 1. The van der Waals surface area contributed by atoms with Gasteiger partial charge in [-0.3, -0.25) is 4.90 Å². The molecule has 1 aliphatic rings. The molecule has 128 valence electrons. The highest BCUT2D eigenvalue weighted by atomic mass is 32.1. The Kier molecular flexibility index (Phi) is 4.42. The predicted octanol–water partition coefficient (Wildman–Crippen LogP) is 3.31. The van der Waals surface area contributed by atoms with Crippen LogP contribution in [0.15, 0.2) is 36.0 Å². The maximum absolute atomic E-state index is 13.8. The molecule has 0 saturated carbocycles. The van der Waals surface area contributed by atoms with E-state index in [-0.39, 0.29) is 5.88 Å². The van der Waals surface area contributed by atoms with Crippen molar-refractivity contribution in [2.45, 2.75) is 19.5 Å². The molecule has 0 N–H and O–H groups in total. The summed E-state index contributed by atoms with van der Waals surface area (Å²) in [6.45, 7) is 2.27. The van der Waals surface area contributed by atoms with Gasteiger partial charge in [0, 0.05) is 44.0 Å². The molecule has 3 aromatic heterocycles. The molecule has 0 radical (unpaired) electrons. The highest BCUT2D eigenvalue weighted by Gasteiger charge is 2.19. The minimum Gasteiger partial charge on any atom is -0.479 e. The molecular formula is C18H17FN4OS. The third-order valence-electron chi connectivity index (χ3n) is 4.22. The zero-order valence-electron chi connectivity index (χ0n) is 13.8. The van der Waals surface area contributed by atoms with Gasteiger partial charge in [-0.2, -0.15) is 0 Å². The van der Waals surface area contributed by atoms with Crippen LogP contribution in [-0.4, -0.2) is 33.5 Å². The quantitative estimate of drug-likeness (QED) is 0.718. The van der Waals surface area contributed by atoms with E-state index in [9.17, 15) is 4.39 Å². The molecule has 25 heavy (non-hydrogen) atoms. The van der Waals surface area contributed by atoms with Crippen LogP contribution in [0.3, 0.4) is 0 Å². The summed E-state index contributed by atoms with van der Waals surface area (Å²) in [5, 5.41) is 2.03. The van der Waals surface area contributed by atoms with Crippen molar-refractivity contribution in [3.8, 4) is 16.6 Å². The number of ether oxygens (including phenoxy) is 1. The van der Waals surface area contributed by atoms with E-state index < -0.39 is 5.82 Å². The SMILES string of the molecule is COc1ncc(CN2CCc3nc(-c4cccs4)ncc3C2)cc1F. The van der Waals surface area contributed by atoms with Crippen molar-refractivity contribution in [1.29, 1.82) is 0 Å². The Morgan fingerprint density at radius 1 is 1.32 bits per heavy atom. The summed E-state index contributed by atoms with van der Waals surface area (Å²) in [4.78, 5) is 16.6. The molecule has 0 atom stereocenters. The highest BCUT2D eigenvalue weighted by Crippen LogP contribution is 2.25. The van der Waals surface area contributed by atoms with E-state index >= 15 is 0 Å². The second-order valence-electron chi connectivity index (χ2n) is 5.94. The molecule has 0 fully saturated rings. The summed E-state index contributed by atoms with van der Waals surface area (Å²) in [5.74, 6) is 0.396. The van der Waals surface area contributed by atoms with Crippen LogP contribution in [-0.2, 0) is 19.5 Å².